The van der Waals surface area contributed by atoms with Crippen LogP contribution in [0, 0.1) is 6.92 Å². The zero-order chi connectivity index (χ0) is 22.7. The molecule has 0 bridgehead atoms. The van der Waals surface area contributed by atoms with Gasteiger partial charge in [0.15, 0.2) is 0 Å². The summed E-state index contributed by atoms with van der Waals surface area (Å²) in [5.74, 6) is 0.0342. The van der Waals surface area contributed by atoms with Crippen molar-refractivity contribution >= 4 is 16.1 Å². The molecule has 0 spiro atoms. The number of nitrogens with one attached hydrogen (secondary N) is 1. The molecule has 31 heavy (non-hydrogen) atoms. The van der Waals surface area contributed by atoms with E-state index in [0.717, 1.165) is 5.56 Å². The minimum atomic E-state index is -4.02. The molecule has 0 radical (unpaired) electrons. The fourth-order valence-electron chi connectivity index (χ4n) is 2.45. The van der Waals surface area contributed by atoms with Crippen molar-refractivity contribution in [2.45, 2.75) is 18.4 Å². The number of carbonyl (C=O) groups excluding carboxylic acids is 1. The van der Waals surface area contributed by atoms with Crippen molar-refractivity contribution in [1.82, 2.24) is 5.32 Å². The molecule has 0 aliphatic carbocycles. The Hall–Kier alpha value is -3.26. The molecule has 0 aliphatic rings. The smallest absolute Gasteiger partial charge is 0.343 e. The first-order valence-electron chi connectivity index (χ1n) is 9.49. The molecule has 0 saturated heterocycles. The van der Waals surface area contributed by atoms with Crippen molar-refractivity contribution in [2.75, 3.05) is 6.54 Å². The fourth-order valence-corrected chi connectivity index (χ4v) is 2.93. The monoisotopic (exact) mass is 439 g/mol. The lowest BCUT2D eigenvalue weighted by Gasteiger charge is -2.09. The highest BCUT2D eigenvalue weighted by Crippen LogP contribution is 2.08. The standard InChI is InChI=1S/C17H17NO2.C7H8O3S/c1-14(12-18-13-15-8-4-2-5-9-15)20-17(19)16-10-6-3-7-11-16;1-6-2-4-7(5-3-6)11(8,9)10/h2-11,18H,1,12-13H2;2-5H,1H3,(H,8,9,10). The maximum absolute atomic E-state index is 11.8. The number of benzene rings is 3. The zero-order valence-corrected chi connectivity index (χ0v) is 18.0. The summed E-state index contributed by atoms with van der Waals surface area (Å²) >= 11 is 0. The van der Waals surface area contributed by atoms with Gasteiger partial charge in [0.05, 0.1) is 17.0 Å². The van der Waals surface area contributed by atoms with E-state index in [1.807, 2.05) is 43.3 Å². The van der Waals surface area contributed by atoms with Gasteiger partial charge in [0.2, 0.25) is 0 Å². The summed E-state index contributed by atoms with van der Waals surface area (Å²) in [5.41, 5.74) is 2.66. The van der Waals surface area contributed by atoms with Crippen LogP contribution in [0.3, 0.4) is 0 Å². The minimum absolute atomic E-state index is 0.0666. The third-order valence-electron chi connectivity index (χ3n) is 4.06. The quantitative estimate of drug-likeness (QED) is 0.322. The molecular weight excluding hydrogens is 414 g/mol. The van der Waals surface area contributed by atoms with E-state index in [0.29, 0.717) is 24.4 Å². The molecule has 7 heteroatoms. The second-order valence-electron chi connectivity index (χ2n) is 6.67. The van der Waals surface area contributed by atoms with Gasteiger partial charge in [0.1, 0.15) is 5.76 Å². The van der Waals surface area contributed by atoms with Crippen LogP contribution in [0.25, 0.3) is 0 Å². The molecule has 0 aliphatic heterocycles. The van der Waals surface area contributed by atoms with Gasteiger partial charge in [-0.05, 0) is 36.8 Å². The number of esters is 1. The van der Waals surface area contributed by atoms with Gasteiger partial charge in [-0.2, -0.15) is 8.42 Å². The number of hydrogen-bond acceptors (Lipinski definition) is 5. The maximum Gasteiger partial charge on any atom is 0.343 e. The van der Waals surface area contributed by atoms with Gasteiger partial charge in [-0.15, -0.1) is 0 Å². The molecule has 0 unspecified atom stereocenters. The van der Waals surface area contributed by atoms with Gasteiger partial charge in [-0.1, -0.05) is 72.8 Å². The van der Waals surface area contributed by atoms with Gasteiger partial charge in [0.25, 0.3) is 10.1 Å². The molecule has 3 aromatic carbocycles. The van der Waals surface area contributed by atoms with E-state index < -0.39 is 10.1 Å². The first-order chi connectivity index (χ1) is 14.8. The van der Waals surface area contributed by atoms with Gasteiger partial charge < -0.3 is 10.1 Å². The summed E-state index contributed by atoms with van der Waals surface area (Å²) in [6, 6.07) is 24.9. The lowest BCUT2D eigenvalue weighted by molar-refractivity contribution is 0.0619. The van der Waals surface area contributed by atoms with Gasteiger partial charge in [-0.25, -0.2) is 4.79 Å². The first kappa shape index (κ1) is 24.0. The first-order valence-corrected chi connectivity index (χ1v) is 10.9. The Kier molecular flexibility index (Phi) is 9.14. The number of aryl methyl sites for hydroxylation is 1. The lowest BCUT2D eigenvalue weighted by Crippen LogP contribution is -2.19. The molecule has 2 N–H and O–H groups in total. The third-order valence-corrected chi connectivity index (χ3v) is 4.93. The second-order valence-corrected chi connectivity index (χ2v) is 8.09. The van der Waals surface area contributed by atoms with E-state index in [-0.39, 0.29) is 10.9 Å². The predicted molar refractivity (Wildman–Crippen MR) is 120 cm³/mol. The molecule has 3 rings (SSSR count). The average molecular weight is 440 g/mol. The summed E-state index contributed by atoms with van der Waals surface area (Å²) in [4.78, 5) is 11.7. The van der Waals surface area contributed by atoms with E-state index in [9.17, 15) is 13.2 Å². The van der Waals surface area contributed by atoms with E-state index in [2.05, 4.69) is 11.9 Å². The molecule has 0 fully saturated rings. The van der Waals surface area contributed by atoms with Crippen LogP contribution in [0.2, 0.25) is 0 Å². The van der Waals surface area contributed by atoms with E-state index in [1.165, 1.54) is 17.7 Å². The van der Waals surface area contributed by atoms with Crippen molar-refractivity contribution in [3.63, 3.8) is 0 Å². The van der Waals surface area contributed by atoms with E-state index in [4.69, 9.17) is 9.29 Å². The topological polar surface area (TPSA) is 92.7 Å². The molecule has 0 amide bonds. The third kappa shape index (κ3) is 8.96. The molecular formula is C24H25NO5S. The SMILES string of the molecule is C=C(CNCc1ccccc1)OC(=O)c1ccccc1.Cc1ccc(S(=O)(=O)O)cc1. The average Bonchev–Trinajstić information content (AvgIpc) is 2.75. The minimum Gasteiger partial charge on any atom is -0.427 e. The van der Waals surface area contributed by atoms with Crippen molar-refractivity contribution in [3.8, 4) is 0 Å². The van der Waals surface area contributed by atoms with Crippen LogP contribution in [0.4, 0.5) is 0 Å². The number of ether oxygens (including phenoxy) is 1. The highest BCUT2D eigenvalue weighted by atomic mass is 32.2. The van der Waals surface area contributed by atoms with Crippen LogP contribution < -0.4 is 5.32 Å². The zero-order valence-electron chi connectivity index (χ0n) is 17.2. The summed E-state index contributed by atoms with van der Waals surface area (Å²) in [6.45, 7) is 6.74. The Morgan fingerprint density at radius 2 is 1.48 bits per heavy atom. The van der Waals surface area contributed by atoms with Gasteiger partial charge in [-0.3, -0.25) is 4.55 Å². The Morgan fingerprint density at radius 3 is 2.03 bits per heavy atom. The summed E-state index contributed by atoms with van der Waals surface area (Å²) in [5, 5.41) is 3.18. The van der Waals surface area contributed by atoms with Gasteiger partial charge >= 0.3 is 5.97 Å². The molecule has 162 valence electrons. The summed E-state index contributed by atoms with van der Waals surface area (Å²) in [7, 11) is -4.02. The summed E-state index contributed by atoms with van der Waals surface area (Å²) < 4.78 is 34.7. The van der Waals surface area contributed by atoms with Crippen molar-refractivity contribution in [2.24, 2.45) is 0 Å². The Balaban J connectivity index is 0.000000262. The highest BCUT2D eigenvalue weighted by Gasteiger charge is 2.08. The van der Waals surface area contributed by atoms with E-state index >= 15 is 0 Å². The van der Waals surface area contributed by atoms with Crippen LogP contribution in [-0.2, 0) is 21.4 Å². The molecule has 0 saturated carbocycles. The molecule has 0 aromatic heterocycles. The second kappa shape index (κ2) is 11.8. The van der Waals surface area contributed by atoms with E-state index in [1.54, 1.807) is 36.4 Å². The maximum atomic E-state index is 11.8. The lowest BCUT2D eigenvalue weighted by atomic mass is 10.2. The van der Waals surface area contributed by atoms with Gasteiger partial charge in [0, 0.05) is 6.54 Å². The Bertz CT molecular complexity index is 1080. The number of carbonyl (C=O) groups is 1. The number of rotatable bonds is 7. The number of hydrogen-bond donors (Lipinski definition) is 2. The Morgan fingerprint density at radius 1 is 0.935 bits per heavy atom. The van der Waals surface area contributed by atoms with Crippen molar-refractivity contribution in [3.05, 3.63) is 114 Å². The van der Waals surface area contributed by atoms with Crippen LogP contribution in [0.15, 0.2) is 102 Å². The largest absolute Gasteiger partial charge is 0.427 e. The predicted octanol–water partition coefficient (Wildman–Crippen LogP) is 4.39. The molecule has 0 atom stereocenters. The van der Waals surface area contributed by atoms with Crippen LogP contribution in [-0.4, -0.2) is 25.5 Å². The van der Waals surface area contributed by atoms with Crippen LogP contribution >= 0.6 is 0 Å². The summed E-state index contributed by atoms with van der Waals surface area (Å²) in [6.07, 6.45) is 0. The van der Waals surface area contributed by atoms with Crippen molar-refractivity contribution in [1.29, 1.82) is 0 Å². The molecule has 0 heterocycles. The molecule has 3 aromatic rings. The van der Waals surface area contributed by atoms with Crippen LogP contribution in [0.5, 0.6) is 0 Å². The van der Waals surface area contributed by atoms with Crippen LogP contribution in [0.1, 0.15) is 21.5 Å². The fraction of sp³-hybridized carbons (Fsp3) is 0.125. The molecule has 6 nitrogen and oxygen atoms in total. The Labute approximate surface area is 183 Å². The normalized spacial score (nSPS) is 10.5. The highest BCUT2D eigenvalue weighted by molar-refractivity contribution is 7.85. The van der Waals surface area contributed by atoms with Crippen molar-refractivity contribution < 1.29 is 22.5 Å².